The lowest BCUT2D eigenvalue weighted by Gasteiger charge is -2.35. The Hall–Kier alpha value is -0.0100. The average Bonchev–Trinajstić information content (AvgIpc) is 2.83. The van der Waals surface area contributed by atoms with Crippen molar-refractivity contribution < 1.29 is 9.90 Å². The van der Waals surface area contributed by atoms with E-state index in [0.29, 0.717) is 0 Å². The summed E-state index contributed by atoms with van der Waals surface area (Å²) in [6.07, 6.45) is 0. The predicted octanol–water partition coefficient (Wildman–Crippen LogP) is -0.793. The zero-order chi connectivity index (χ0) is 11.4. The summed E-state index contributed by atoms with van der Waals surface area (Å²) in [5, 5.41) is 12.0. The van der Waals surface area contributed by atoms with E-state index in [1.165, 1.54) is 0 Å². The first-order valence-electron chi connectivity index (χ1n) is 5.74. The van der Waals surface area contributed by atoms with Gasteiger partial charge in [0.1, 0.15) is 0 Å². The van der Waals surface area contributed by atoms with Crippen LogP contribution in [0.1, 0.15) is 0 Å². The van der Waals surface area contributed by atoms with Gasteiger partial charge in [0.2, 0.25) is 5.91 Å². The number of thioether (sulfide) groups is 1. The Balaban J connectivity index is 0.00000144. The lowest BCUT2D eigenvalue weighted by Crippen LogP contribution is -2.53. The van der Waals surface area contributed by atoms with Crippen LogP contribution in [-0.4, -0.2) is 77.8 Å². The minimum atomic E-state index is 0. The molecule has 0 aliphatic carbocycles. The van der Waals surface area contributed by atoms with Crippen LogP contribution in [0, 0.1) is 0 Å². The molecular formula is C10H20ClN3O2S. The van der Waals surface area contributed by atoms with Gasteiger partial charge in [-0.05, 0) is 0 Å². The van der Waals surface area contributed by atoms with E-state index in [-0.39, 0.29) is 31.0 Å². The summed E-state index contributed by atoms with van der Waals surface area (Å²) in [5.74, 6) is 2.03. The third-order valence-corrected chi connectivity index (χ3v) is 4.05. The van der Waals surface area contributed by atoms with E-state index < -0.39 is 0 Å². The Labute approximate surface area is 112 Å². The van der Waals surface area contributed by atoms with Gasteiger partial charge in [-0.1, -0.05) is 0 Å². The first-order valence-corrected chi connectivity index (χ1v) is 6.90. The molecule has 17 heavy (non-hydrogen) atoms. The highest BCUT2D eigenvalue weighted by atomic mass is 35.5. The SMILES string of the molecule is Cl.O=C([C@H]1CSCN1)N1CCN(CCO)CC1. The number of piperazine rings is 1. The minimum Gasteiger partial charge on any atom is -0.395 e. The van der Waals surface area contributed by atoms with Crippen LogP contribution in [-0.2, 0) is 4.79 Å². The van der Waals surface area contributed by atoms with Crippen molar-refractivity contribution >= 4 is 30.1 Å². The maximum absolute atomic E-state index is 12.0. The number of nitrogens with zero attached hydrogens (tertiary/aromatic N) is 2. The maximum atomic E-state index is 12.0. The van der Waals surface area contributed by atoms with Crippen molar-refractivity contribution in [3.63, 3.8) is 0 Å². The molecule has 2 heterocycles. The second-order valence-electron chi connectivity index (χ2n) is 4.16. The van der Waals surface area contributed by atoms with Crippen LogP contribution in [0.25, 0.3) is 0 Å². The molecule has 0 aromatic rings. The molecule has 7 heteroatoms. The molecule has 2 saturated heterocycles. The lowest BCUT2D eigenvalue weighted by molar-refractivity contribution is -0.134. The molecule has 0 aromatic heterocycles. The largest absolute Gasteiger partial charge is 0.395 e. The number of β-amino-alcohol motifs (C(OH)–C–C–N with tert-alkyl or cyclic N) is 1. The minimum absolute atomic E-state index is 0. The first kappa shape index (κ1) is 15.0. The maximum Gasteiger partial charge on any atom is 0.240 e. The van der Waals surface area contributed by atoms with Crippen molar-refractivity contribution in [2.75, 3.05) is 51.0 Å². The summed E-state index contributed by atoms with van der Waals surface area (Å²) >= 11 is 1.78. The van der Waals surface area contributed by atoms with Gasteiger partial charge < -0.3 is 10.0 Å². The van der Waals surface area contributed by atoms with Crippen molar-refractivity contribution in [2.45, 2.75) is 6.04 Å². The van der Waals surface area contributed by atoms with Crippen molar-refractivity contribution in [1.29, 1.82) is 0 Å². The molecule has 2 rings (SSSR count). The molecule has 2 fully saturated rings. The van der Waals surface area contributed by atoms with E-state index in [4.69, 9.17) is 5.11 Å². The van der Waals surface area contributed by atoms with Crippen molar-refractivity contribution in [2.24, 2.45) is 0 Å². The van der Waals surface area contributed by atoms with Crippen LogP contribution in [0.15, 0.2) is 0 Å². The monoisotopic (exact) mass is 281 g/mol. The molecule has 0 saturated carbocycles. The third kappa shape index (κ3) is 3.99. The number of carbonyl (C=O) groups is 1. The molecule has 2 N–H and O–H groups in total. The van der Waals surface area contributed by atoms with Gasteiger partial charge in [-0.15, -0.1) is 24.2 Å². The fourth-order valence-electron chi connectivity index (χ4n) is 2.11. The second kappa shape index (κ2) is 7.43. The summed E-state index contributed by atoms with van der Waals surface area (Å²) in [5.41, 5.74) is 0. The Morgan fingerprint density at radius 2 is 2.06 bits per heavy atom. The van der Waals surface area contributed by atoms with Gasteiger partial charge in [-0.2, -0.15) is 0 Å². The summed E-state index contributed by atoms with van der Waals surface area (Å²) in [6.45, 7) is 4.27. The van der Waals surface area contributed by atoms with Crippen LogP contribution >= 0.6 is 24.2 Å². The molecule has 2 aliphatic heterocycles. The molecule has 0 spiro atoms. The number of amides is 1. The third-order valence-electron chi connectivity index (χ3n) is 3.11. The Bertz CT molecular complexity index is 244. The summed E-state index contributed by atoms with van der Waals surface area (Å²) in [7, 11) is 0. The average molecular weight is 282 g/mol. The highest BCUT2D eigenvalue weighted by molar-refractivity contribution is 7.99. The number of nitrogens with one attached hydrogen (secondary N) is 1. The molecular weight excluding hydrogens is 262 g/mol. The summed E-state index contributed by atoms with van der Waals surface area (Å²) < 4.78 is 0. The second-order valence-corrected chi connectivity index (χ2v) is 5.19. The van der Waals surface area contributed by atoms with Crippen molar-refractivity contribution in [1.82, 2.24) is 15.1 Å². The fraction of sp³-hybridized carbons (Fsp3) is 0.900. The highest BCUT2D eigenvalue weighted by Crippen LogP contribution is 2.13. The quantitative estimate of drug-likeness (QED) is 0.710. The smallest absolute Gasteiger partial charge is 0.240 e. The van der Waals surface area contributed by atoms with Gasteiger partial charge in [-0.3, -0.25) is 15.0 Å². The van der Waals surface area contributed by atoms with Gasteiger partial charge in [0.25, 0.3) is 0 Å². The predicted molar refractivity (Wildman–Crippen MR) is 71.6 cm³/mol. The van der Waals surface area contributed by atoms with Gasteiger partial charge in [0.05, 0.1) is 12.6 Å². The van der Waals surface area contributed by atoms with E-state index >= 15 is 0 Å². The van der Waals surface area contributed by atoms with Crippen LogP contribution in [0.3, 0.4) is 0 Å². The summed E-state index contributed by atoms with van der Waals surface area (Å²) in [6, 6.07) is 0.0226. The Morgan fingerprint density at radius 1 is 1.35 bits per heavy atom. The topological polar surface area (TPSA) is 55.8 Å². The number of hydrogen-bond acceptors (Lipinski definition) is 5. The van der Waals surface area contributed by atoms with Crippen LogP contribution in [0.4, 0.5) is 0 Å². The Kier molecular flexibility index (Phi) is 6.58. The van der Waals surface area contributed by atoms with E-state index in [2.05, 4.69) is 10.2 Å². The van der Waals surface area contributed by atoms with E-state index in [9.17, 15) is 4.79 Å². The number of rotatable bonds is 3. The number of carbonyl (C=O) groups excluding carboxylic acids is 1. The molecule has 1 amide bonds. The van der Waals surface area contributed by atoms with Crippen molar-refractivity contribution in [3.05, 3.63) is 0 Å². The van der Waals surface area contributed by atoms with Gasteiger partial charge >= 0.3 is 0 Å². The molecule has 1 atom stereocenters. The Morgan fingerprint density at radius 3 is 2.59 bits per heavy atom. The van der Waals surface area contributed by atoms with Gasteiger partial charge in [0, 0.05) is 44.4 Å². The van der Waals surface area contributed by atoms with Gasteiger partial charge in [-0.25, -0.2) is 0 Å². The zero-order valence-electron chi connectivity index (χ0n) is 9.80. The van der Waals surface area contributed by atoms with E-state index in [1.807, 2.05) is 4.90 Å². The molecule has 0 bridgehead atoms. The molecule has 0 radical (unpaired) electrons. The van der Waals surface area contributed by atoms with Crippen molar-refractivity contribution in [3.8, 4) is 0 Å². The van der Waals surface area contributed by atoms with Crippen LogP contribution in [0.5, 0.6) is 0 Å². The molecule has 2 aliphatic rings. The van der Waals surface area contributed by atoms with E-state index in [0.717, 1.165) is 44.4 Å². The summed E-state index contributed by atoms with van der Waals surface area (Å²) in [4.78, 5) is 16.2. The number of aliphatic hydroxyl groups excluding tert-OH is 1. The van der Waals surface area contributed by atoms with E-state index in [1.54, 1.807) is 11.8 Å². The zero-order valence-corrected chi connectivity index (χ0v) is 11.4. The number of halogens is 1. The van der Waals surface area contributed by atoms with Crippen LogP contribution in [0.2, 0.25) is 0 Å². The first-order chi connectivity index (χ1) is 7.81. The molecule has 0 unspecified atom stereocenters. The fourth-order valence-corrected chi connectivity index (χ4v) is 3.04. The molecule has 5 nitrogen and oxygen atoms in total. The lowest BCUT2D eigenvalue weighted by atomic mass is 10.2. The molecule has 0 aromatic carbocycles. The number of hydrogen-bond donors (Lipinski definition) is 2. The standard InChI is InChI=1S/C10H19N3O2S.ClH/c14-6-5-12-1-3-13(4-2-12)10(15)9-7-16-8-11-9;/h9,11,14H,1-8H2;1H/t9-;/m1./s1. The highest BCUT2D eigenvalue weighted by Gasteiger charge is 2.29. The molecule has 100 valence electrons. The number of aliphatic hydroxyl groups is 1. The van der Waals surface area contributed by atoms with Crippen LogP contribution < -0.4 is 5.32 Å². The normalized spacial score (nSPS) is 25.7. The van der Waals surface area contributed by atoms with Gasteiger partial charge in [0.15, 0.2) is 0 Å².